The molecule has 1 atom stereocenters. The SMILES string of the molecule is O=C(Nc1cccc(OCC(O)CO)c1)c1cccc2[nH]c(-c3cc(F)ccc3F)nc12. The monoisotopic (exact) mass is 439 g/mol. The van der Waals surface area contributed by atoms with Gasteiger partial charge in [0.2, 0.25) is 0 Å². The third kappa shape index (κ3) is 4.58. The highest BCUT2D eigenvalue weighted by atomic mass is 19.1. The normalized spacial score (nSPS) is 12.0. The van der Waals surface area contributed by atoms with Gasteiger partial charge in [0.25, 0.3) is 5.91 Å². The molecule has 7 nitrogen and oxygen atoms in total. The average Bonchev–Trinajstić information content (AvgIpc) is 3.23. The van der Waals surface area contributed by atoms with Crippen molar-refractivity contribution in [2.75, 3.05) is 18.5 Å². The molecule has 0 aliphatic rings. The Bertz CT molecular complexity index is 1280. The number of para-hydroxylation sites is 1. The Balaban J connectivity index is 1.59. The summed E-state index contributed by atoms with van der Waals surface area (Å²) in [6.45, 7) is -0.522. The Morgan fingerprint density at radius 1 is 1.12 bits per heavy atom. The zero-order chi connectivity index (χ0) is 22.7. The van der Waals surface area contributed by atoms with Crippen molar-refractivity contribution in [3.63, 3.8) is 0 Å². The van der Waals surface area contributed by atoms with E-state index in [0.717, 1.165) is 18.2 Å². The fraction of sp³-hybridized carbons (Fsp3) is 0.130. The van der Waals surface area contributed by atoms with Gasteiger partial charge in [-0.05, 0) is 42.5 Å². The lowest BCUT2D eigenvalue weighted by Crippen LogP contribution is -2.21. The Morgan fingerprint density at radius 2 is 1.94 bits per heavy atom. The molecule has 32 heavy (non-hydrogen) atoms. The number of nitrogens with one attached hydrogen (secondary N) is 2. The Labute approximate surface area is 181 Å². The number of carbonyl (C=O) groups excluding carboxylic acids is 1. The molecule has 0 aliphatic carbocycles. The topological polar surface area (TPSA) is 107 Å². The van der Waals surface area contributed by atoms with Crippen LogP contribution in [0.15, 0.2) is 60.7 Å². The maximum atomic E-state index is 14.2. The van der Waals surface area contributed by atoms with Crippen LogP contribution in [0.2, 0.25) is 0 Å². The van der Waals surface area contributed by atoms with Gasteiger partial charge >= 0.3 is 0 Å². The Kier molecular flexibility index (Phi) is 6.11. The molecule has 1 amide bonds. The number of benzene rings is 3. The Morgan fingerprint density at radius 3 is 2.75 bits per heavy atom. The molecule has 0 spiro atoms. The first-order valence-electron chi connectivity index (χ1n) is 9.72. The standard InChI is InChI=1S/C23H19F2N3O4/c24-13-7-8-19(25)18(9-13)22-27-20-6-2-5-17(21(20)28-22)23(31)26-14-3-1-4-16(10-14)32-12-15(30)11-29/h1-10,15,29-30H,11-12H2,(H,26,31)(H,27,28). The molecule has 4 N–H and O–H groups in total. The lowest BCUT2D eigenvalue weighted by atomic mass is 10.1. The molecule has 3 aromatic carbocycles. The van der Waals surface area contributed by atoms with E-state index in [0.29, 0.717) is 22.5 Å². The number of fused-ring (bicyclic) bond motifs is 1. The first-order chi connectivity index (χ1) is 15.4. The number of carbonyl (C=O) groups is 1. The molecule has 1 heterocycles. The molecule has 0 saturated carbocycles. The number of hydrogen-bond acceptors (Lipinski definition) is 5. The van der Waals surface area contributed by atoms with Gasteiger partial charge in [0, 0.05) is 11.8 Å². The van der Waals surface area contributed by atoms with Crippen LogP contribution in [-0.2, 0) is 0 Å². The highest BCUT2D eigenvalue weighted by Crippen LogP contribution is 2.26. The van der Waals surface area contributed by atoms with Gasteiger partial charge in [-0.15, -0.1) is 0 Å². The van der Waals surface area contributed by atoms with Crippen molar-refractivity contribution in [2.24, 2.45) is 0 Å². The number of ether oxygens (including phenoxy) is 1. The number of hydrogen-bond donors (Lipinski definition) is 4. The first-order valence-corrected chi connectivity index (χ1v) is 9.72. The van der Waals surface area contributed by atoms with Gasteiger partial charge in [0.05, 0.1) is 23.3 Å². The van der Waals surface area contributed by atoms with Crippen LogP contribution in [0.25, 0.3) is 22.4 Å². The van der Waals surface area contributed by atoms with Crippen molar-refractivity contribution in [1.29, 1.82) is 0 Å². The summed E-state index contributed by atoms with van der Waals surface area (Å²) in [7, 11) is 0. The number of aromatic amines is 1. The number of amides is 1. The number of imidazole rings is 1. The van der Waals surface area contributed by atoms with Gasteiger partial charge in [-0.3, -0.25) is 4.79 Å². The summed E-state index contributed by atoms with van der Waals surface area (Å²) in [5.74, 6) is -1.19. The number of anilines is 1. The summed E-state index contributed by atoms with van der Waals surface area (Å²) < 4.78 is 33.1. The second-order valence-electron chi connectivity index (χ2n) is 7.04. The number of halogens is 2. The fourth-order valence-corrected chi connectivity index (χ4v) is 3.13. The van der Waals surface area contributed by atoms with Gasteiger partial charge in [-0.1, -0.05) is 12.1 Å². The van der Waals surface area contributed by atoms with E-state index in [-0.39, 0.29) is 23.6 Å². The molecule has 0 bridgehead atoms. The molecular weight excluding hydrogens is 420 g/mol. The van der Waals surface area contributed by atoms with Crippen molar-refractivity contribution in [1.82, 2.24) is 9.97 Å². The lowest BCUT2D eigenvalue weighted by Gasteiger charge is -2.11. The van der Waals surface area contributed by atoms with E-state index >= 15 is 0 Å². The van der Waals surface area contributed by atoms with E-state index < -0.39 is 30.3 Å². The maximum absolute atomic E-state index is 14.2. The van der Waals surface area contributed by atoms with E-state index in [1.54, 1.807) is 42.5 Å². The maximum Gasteiger partial charge on any atom is 0.257 e. The highest BCUT2D eigenvalue weighted by molar-refractivity contribution is 6.11. The number of rotatable bonds is 7. The third-order valence-corrected chi connectivity index (χ3v) is 4.69. The van der Waals surface area contributed by atoms with Crippen molar-refractivity contribution in [3.8, 4) is 17.1 Å². The first kappa shape index (κ1) is 21.4. The van der Waals surface area contributed by atoms with Crippen LogP contribution in [0.5, 0.6) is 5.75 Å². The molecule has 0 radical (unpaired) electrons. The van der Waals surface area contributed by atoms with Crippen LogP contribution in [0.4, 0.5) is 14.5 Å². The number of nitrogens with zero attached hydrogens (tertiary/aromatic N) is 1. The molecule has 1 aromatic heterocycles. The molecule has 1 unspecified atom stereocenters. The predicted molar refractivity (Wildman–Crippen MR) is 114 cm³/mol. The summed E-state index contributed by atoms with van der Waals surface area (Å²) in [5.41, 5.74) is 1.44. The van der Waals surface area contributed by atoms with Gasteiger partial charge in [-0.2, -0.15) is 0 Å². The van der Waals surface area contributed by atoms with Crippen molar-refractivity contribution in [3.05, 3.63) is 77.9 Å². The average molecular weight is 439 g/mol. The van der Waals surface area contributed by atoms with Crippen LogP contribution in [-0.4, -0.2) is 45.4 Å². The number of H-pyrrole nitrogens is 1. The summed E-state index contributed by atoms with van der Waals surface area (Å²) in [5, 5.41) is 21.0. The van der Waals surface area contributed by atoms with Crippen LogP contribution in [0.3, 0.4) is 0 Å². The van der Waals surface area contributed by atoms with Crippen molar-refractivity contribution < 1.29 is 28.5 Å². The molecule has 9 heteroatoms. The van der Waals surface area contributed by atoms with E-state index in [1.807, 2.05) is 0 Å². The van der Waals surface area contributed by atoms with Crippen LogP contribution in [0.1, 0.15) is 10.4 Å². The summed E-state index contributed by atoms with van der Waals surface area (Å²) in [4.78, 5) is 20.1. The van der Waals surface area contributed by atoms with Gasteiger partial charge in [-0.25, -0.2) is 13.8 Å². The summed E-state index contributed by atoms with van der Waals surface area (Å²) in [6.07, 6.45) is -1.01. The van der Waals surface area contributed by atoms with Crippen molar-refractivity contribution in [2.45, 2.75) is 6.10 Å². The third-order valence-electron chi connectivity index (χ3n) is 4.69. The minimum atomic E-state index is -1.01. The fourth-order valence-electron chi connectivity index (χ4n) is 3.13. The van der Waals surface area contributed by atoms with E-state index in [4.69, 9.17) is 9.84 Å². The predicted octanol–water partition coefficient (Wildman–Crippen LogP) is 3.49. The smallest absolute Gasteiger partial charge is 0.257 e. The van der Waals surface area contributed by atoms with Gasteiger partial charge in [0.15, 0.2) is 0 Å². The molecule has 164 valence electrons. The minimum Gasteiger partial charge on any atom is -0.491 e. The van der Waals surface area contributed by atoms with E-state index in [2.05, 4.69) is 15.3 Å². The molecule has 0 fully saturated rings. The second-order valence-corrected chi connectivity index (χ2v) is 7.04. The Hall–Kier alpha value is -3.82. The molecule has 4 aromatic rings. The van der Waals surface area contributed by atoms with Crippen LogP contribution < -0.4 is 10.1 Å². The quantitative estimate of drug-likeness (QED) is 0.353. The molecule has 0 aliphatic heterocycles. The largest absolute Gasteiger partial charge is 0.491 e. The number of aromatic nitrogens is 2. The van der Waals surface area contributed by atoms with Gasteiger partial charge < -0.3 is 25.3 Å². The second kappa shape index (κ2) is 9.13. The summed E-state index contributed by atoms with van der Waals surface area (Å²) in [6, 6.07) is 14.5. The van der Waals surface area contributed by atoms with E-state index in [9.17, 15) is 18.7 Å². The molecule has 0 saturated heterocycles. The minimum absolute atomic E-state index is 0.0394. The highest BCUT2D eigenvalue weighted by Gasteiger charge is 2.17. The van der Waals surface area contributed by atoms with E-state index in [1.165, 1.54) is 0 Å². The van der Waals surface area contributed by atoms with Crippen molar-refractivity contribution >= 4 is 22.6 Å². The van der Waals surface area contributed by atoms with Crippen LogP contribution in [0, 0.1) is 11.6 Å². The van der Waals surface area contributed by atoms with Gasteiger partial charge in [0.1, 0.15) is 41.4 Å². The number of aliphatic hydroxyl groups excluding tert-OH is 2. The summed E-state index contributed by atoms with van der Waals surface area (Å²) >= 11 is 0. The van der Waals surface area contributed by atoms with Crippen LogP contribution >= 0.6 is 0 Å². The number of aliphatic hydroxyl groups is 2. The zero-order valence-corrected chi connectivity index (χ0v) is 16.7. The lowest BCUT2D eigenvalue weighted by molar-refractivity contribution is 0.0536. The molecular formula is C23H19F2N3O4. The molecule has 4 rings (SSSR count). The zero-order valence-electron chi connectivity index (χ0n) is 16.7.